The van der Waals surface area contributed by atoms with Crippen molar-refractivity contribution in [1.82, 2.24) is 10.3 Å². The molecule has 6 heteroatoms. The maximum atomic E-state index is 12.5. The number of thiocarbonyl (C=S) groups is 1. The van der Waals surface area contributed by atoms with Crippen molar-refractivity contribution in [2.24, 2.45) is 11.1 Å². The highest BCUT2D eigenvalue weighted by atomic mass is 32.1. The number of nitrogens with one attached hydrogen (secondary N) is 1. The van der Waals surface area contributed by atoms with Gasteiger partial charge in [-0.1, -0.05) is 37.9 Å². The first-order chi connectivity index (χ1) is 9.54. The second kappa shape index (κ2) is 6.35. The number of aryl methyl sites for hydroxylation is 1. The molecule has 1 aliphatic rings. The van der Waals surface area contributed by atoms with E-state index in [0.717, 1.165) is 44.3 Å². The molecule has 0 radical (unpaired) electrons. The Balaban J connectivity index is 2.05. The Hall–Kier alpha value is -1.43. The first-order valence-electron chi connectivity index (χ1n) is 7.04. The first-order valence-corrected chi connectivity index (χ1v) is 7.45. The van der Waals surface area contributed by atoms with E-state index in [0.29, 0.717) is 10.9 Å². The number of oxazole rings is 1. The maximum Gasteiger partial charge on any atom is 0.233 e. The van der Waals surface area contributed by atoms with Gasteiger partial charge in [-0.2, -0.15) is 0 Å². The molecule has 0 aliphatic heterocycles. The Bertz CT molecular complexity index is 490. The van der Waals surface area contributed by atoms with Gasteiger partial charge in [0.25, 0.3) is 0 Å². The van der Waals surface area contributed by atoms with Crippen LogP contribution in [0.15, 0.2) is 10.6 Å². The number of aromatic nitrogens is 1. The van der Waals surface area contributed by atoms with E-state index in [1.807, 2.05) is 6.92 Å². The Morgan fingerprint density at radius 3 is 2.60 bits per heavy atom. The van der Waals surface area contributed by atoms with Crippen molar-refractivity contribution >= 4 is 23.1 Å². The van der Waals surface area contributed by atoms with Crippen LogP contribution in [0.1, 0.15) is 50.2 Å². The Morgan fingerprint density at radius 1 is 1.45 bits per heavy atom. The fourth-order valence-electron chi connectivity index (χ4n) is 2.73. The monoisotopic (exact) mass is 295 g/mol. The molecular formula is C14H21N3O2S. The molecule has 0 atom stereocenters. The quantitative estimate of drug-likeness (QED) is 0.657. The molecule has 3 N–H and O–H groups in total. The number of amides is 1. The van der Waals surface area contributed by atoms with Crippen LogP contribution in [-0.4, -0.2) is 15.9 Å². The summed E-state index contributed by atoms with van der Waals surface area (Å²) in [6, 6.07) is 0. The summed E-state index contributed by atoms with van der Waals surface area (Å²) in [4.78, 5) is 16.9. The fourth-order valence-corrected chi connectivity index (χ4v) is 3.02. The van der Waals surface area contributed by atoms with E-state index in [2.05, 4.69) is 10.3 Å². The Kier molecular flexibility index (Phi) is 4.75. The molecule has 0 aromatic carbocycles. The molecule has 0 saturated heterocycles. The third-order valence-electron chi connectivity index (χ3n) is 3.93. The second-order valence-corrected chi connectivity index (χ2v) is 5.85. The van der Waals surface area contributed by atoms with Crippen LogP contribution < -0.4 is 11.1 Å². The second-order valence-electron chi connectivity index (χ2n) is 5.41. The highest BCUT2D eigenvalue weighted by molar-refractivity contribution is 7.80. The molecule has 1 saturated carbocycles. The van der Waals surface area contributed by atoms with Gasteiger partial charge in [-0.25, -0.2) is 4.98 Å². The Labute approximate surface area is 124 Å². The maximum absolute atomic E-state index is 12.5. The van der Waals surface area contributed by atoms with Crippen molar-refractivity contribution in [3.63, 3.8) is 0 Å². The molecule has 1 aromatic heterocycles. The van der Waals surface area contributed by atoms with Crippen LogP contribution in [0.5, 0.6) is 0 Å². The average Bonchev–Trinajstić information content (AvgIpc) is 2.68. The minimum absolute atomic E-state index is 0.0947. The van der Waals surface area contributed by atoms with E-state index >= 15 is 0 Å². The van der Waals surface area contributed by atoms with Crippen LogP contribution in [0.4, 0.5) is 0 Å². The smallest absolute Gasteiger partial charge is 0.233 e. The molecule has 1 amide bonds. The predicted octanol–water partition coefficient (Wildman–Crippen LogP) is 2.23. The van der Waals surface area contributed by atoms with E-state index in [9.17, 15) is 4.79 Å². The van der Waals surface area contributed by atoms with Gasteiger partial charge in [-0.3, -0.25) is 4.79 Å². The SMILES string of the molecule is Cc1cnc(CNC(=O)C2(C(N)=S)CCCCCC2)o1. The lowest BCUT2D eigenvalue weighted by atomic mass is 9.79. The topological polar surface area (TPSA) is 81.2 Å². The summed E-state index contributed by atoms with van der Waals surface area (Å²) in [7, 11) is 0. The summed E-state index contributed by atoms with van der Waals surface area (Å²) in [6.07, 6.45) is 7.35. The van der Waals surface area contributed by atoms with Gasteiger partial charge in [0.05, 0.1) is 23.1 Å². The minimum atomic E-state index is -0.701. The van der Waals surface area contributed by atoms with Gasteiger partial charge in [0, 0.05) is 0 Å². The Morgan fingerprint density at radius 2 is 2.10 bits per heavy atom. The van der Waals surface area contributed by atoms with Crippen molar-refractivity contribution in [3.05, 3.63) is 17.8 Å². The van der Waals surface area contributed by atoms with E-state index in [1.54, 1.807) is 6.20 Å². The van der Waals surface area contributed by atoms with Crippen molar-refractivity contribution in [1.29, 1.82) is 0 Å². The van der Waals surface area contributed by atoms with E-state index in [4.69, 9.17) is 22.4 Å². The van der Waals surface area contributed by atoms with Crippen LogP contribution >= 0.6 is 12.2 Å². The van der Waals surface area contributed by atoms with Crippen molar-refractivity contribution in [2.45, 2.75) is 52.0 Å². The number of carbonyl (C=O) groups excluding carboxylic acids is 1. The predicted molar refractivity (Wildman–Crippen MR) is 80.0 cm³/mol. The summed E-state index contributed by atoms with van der Waals surface area (Å²) in [5, 5.41) is 2.87. The van der Waals surface area contributed by atoms with Gasteiger partial charge < -0.3 is 15.5 Å². The molecule has 2 rings (SSSR count). The number of rotatable bonds is 4. The molecule has 20 heavy (non-hydrogen) atoms. The number of hydrogen-bond acceptors (Lipinski definition) is 4. The number of hydrogen-bond donors (Lipinski definition) is 2. The summed E-state index contributed by atoms with van der Waals surface area (Å²) in [5.74, 6) is 1.14. The summed E-state index contributed by atoms with van der Waals surface area (Å²) >= 11 is 5.18. The number of nitrogens with zero attached hydrogens (tertiary/aromatic N) is 1. The zero-order valence-electron chi connectivity index (χ0n) is 11.8. The summed E-state index contributed by atoms with van der Waals surface area (Å²) in [6.45, 7) is 2.09. The van der Waals surface area contributed by atoms with E-state index in [-0.39, 0.29) is 12.5 Å². The van der Waals surface area contributed by atoms with Crippen LogP contribution in [0.25, 0.3) is 0 Å². The summed E-state index contributed by atoms with van der Waals surface area (Å²) < 4.78 is 5.35. The summed E-state index contributed by atoms with van der Waals surface area (Å²) in [5.41, 5.74) is 5.18. The molecule has 0 spiro atoms. The molecule has 1 aromatic rings. The highest BCUT2D eigenvalue weighted by Gasteiger charge is 2.41. The van der Waals surface area contributed by atoms with Gasteiger partial charge >= 0.3 is 0 Å². The van der Waals surface area contributed by atoms with Gasteiger partial charge in [-0.15, -0.1) is 0 Å². The molecule has 1 fully saturated rings. The largest absolute Gasteiger partial charge is 0.444 e. The molecule has 1 heterocycles. The standard InChI is InChI=1S/C14H21N3O2S/c1-10-8-16-11(19-10)9-17-13(18)14(12(15)20)6-4-2-3-5-7-14/h8H,2-7,9H2,1H3,(H2,15,20)(H,17,18). The van der Waals surface area contributed by atoms with Crippen LogP contribution in [0.2, 0.25) is 0 Å². The molecule has 1 aliphatic carbocycles. The third kappa shape index (κ3) is 3.17. The number of nitrogens with two attached hydrogens (primary N) is 1. The zero-order valence-corrected chi connectivity index (χ0v) is 12.6. The van der Waals surface area contributed by atoms with Gasteiger partial charge in [0.2, 0.25) is 11.8 Å². The molecular weight excluding hydrogens is 274 g/mol. The first kappa shape index (κ1) is 15.0. The normalized spacial score (nSPS) is 18.2. The molecule has 110 valence electrons. The third-order valence-corrected chi connectivity index (χ3v) is 4.32. The average molecular weight is 295 g/mol. The van der Waals surface area contributed by atoms with Gasteiger partial charge in [-0.05, 0) is 19.8 Å². The van der Waals surface area contributed by atoms with Crippen LogP contribution in [-0.2, 0) is 11.3 Å². The van der Waals surface area contributed by atoms with Gasteiger partial charge in [0.15, 0.2) is 0 Å². The minimum Gasteiger partial charge on any atom is -0.444 e. The zero-order chi connectivity index (χ0) is 14.6. The lowest BCUT2D eigenvalue weighted by Gasteiger charge is -2.29. The fraction of sp³-hybridized carbons (Fsp3) is 0.643. The van der Waals surface area contributed by atoms with Crippen LogP contribution in [0.3, 0.4) is 0 Å². The van der Waals surface area contributed by atoms with Crippen LogP contribution in [0, 0.1) is 12.3 Å². The number of carbonyl (C=O) groups is 1. The molecule has 5 nitrogen and oxygen atoms in total. The van der Waals surface area contributed by atoms with Crippen molar-refractivity contribution in [3.8, 4) is 0 Å². The van der Waals surface area contributed by atoms with E-state index < -0.39 is 5.41 Å². The van der Waals surface area contributed by atoms with Crippen molar-refractivity contribution < 1.29 is 9.21 Å². The van der Waals surface area contributed by atoms with Crippen molar-refractivity contribution in [2.75, 3.05) is 0 Å². The molecule has 0 unspecified atom stereocenters. The van der Waals surface area contributed by atoms with E-state index in [1.165, 1.54) is 0 Å². The lowest BCUT2D eigenvalue weighted by molar-refractivity contribution is -0.128. The van der Waals surface area contributed by atoms with Gasteiger partial charge in [0.1, 0.15) is 5.76 Å². The highest BCUT2D eigenvalue weighted by Crippen LogP contribution is 2.35. The lowest BCUT2D eigenvalue weighted by Crippen LogP contribution is -2.48. The molecule has 0 bridgehead atoms.